The second-order valence-corrected chi connectivity index (χ2v) is 9.75. The first kappa shape index (κ1) is 28.6. The lowest BCUT2D eigenvalue weighted by molar-refractivity contribution is 0.104. The molecule has 0 radical (unpaired) electrons. The number of alkyl carbamates (subject to hydrolysis) is 1. The molecule has 0 saturated heterocycles. The molecule has 0 atom stereocenters. The highest BCUT2D eigenvalue weighted by atomic mass is 32.2. The SMILES string of the molecule is CCOC(=O)Oc1c(C)cc2nc(COC(=O)NCCO)n(-c3ccccc3S(=O)(=O)NC)c(=O)c2c1C. The molecule has 0 bridgehead atoms. The quantitative estimate of drug-likeness (QED) is 0.263. The van der Waals surface area contributed by atoms with E-state index in [2.05, 4.69) is 15.0 Å². The number of aryl methyl sites for hydroxylation is 2. The lowest BCUT2D eigenvalue weighted by Gasteiger charge is -2.19. The number of amides is 1. The van der Waals surface area contributed by atoms with Crippen LogP contribution in [-0.4, -0.2) is 62.1 Å². The van der Waals surface area contributed by atoms with Crippen molar-refractivity contribution in [3.8, 4) is 11.4 Å². The Balaban J connectivity index is 2.32. The molecule has 0 aliphatic carbocycles. The normalized spacial score (nSPS) is 11.3. The number of hydrogen-bond donors (Lipinski definition) is 3. The summed E-state index contributed by atoms with van der Waals surface area (Å²) in [6, 6.07) is 7.28. The minimum absolute atomic E-state index is 0.0385. The van der Waals surface area contributed by atoms with Gasteiger partial charge in [-0.3, -0.25) is 9.36 Å². The van der Waals surface area contributed by atoms with E-state index in [4.69, 9.17) is 19.3 Å². The topological polar surface area (TPSA) is 175 Å². The number of fused-ring (bicyclic) bond motifs is 1. The first-order valence-electron chi connectivity index (χ1n) is 11.5. The zero-order valence-electron chi connectivity index (χ0n) is 21.2. The summed E-state index contributed by atoms with van der Waals surface area (Å²) in [4.78, 5) is 42.3. The second kappa shape index (κ2) is 12.0. The van der Waals surface area contributed by atoms with Crippen LogP contribution >= 0.6 is 0 Å². The van der Waals surface area contributed by atoms with Gasteiger partial charge in [0, 0.05) is 12.1 Å². The molecular formula is C24H28N4O9S. The molecule has 0 aliphatic heterocycles. The molecule has 38 heavy (non-hydrogen) atoms. The number of benzene rings is 2. The Kier molecular flexibility index (Phi) is 9.04. The molecule has 14 heteroatoms. The fourth-order valence-electron chi connectivity index (χ4n) is 3.77. The lowest BCUT2D eigenvalue weighted by Crippen LogP contribution is -2.31. The first-order valence-corrected chi connectivity index (χ1v) is 13.0. The average molecular weight is 549 g/mol. The number of carbonyl (C=O) groups is 2. The van der Waals surface area contributed by atoms with E-state index in [0.29, 0.717) is 5.56 Å². The molecule has 1 heterocycles. The maximum absolute atomic E-state index is 14.0. The van der Waals surface area contributed by atoms with Gasteiger partial charge in [-0.05, 0) is 51.6 Å². The number of aromatic nitrogens is 2. The average Bonchev–Trinajstić information content (AvgIpc) is 2.88. The van der Waals surface area contributed by atoms with Crippen molar-refractivity contribution < 1.29 is 37.3 Å². The number of sulfonamides is 1. The third kappa shape index (κ3) is 5.93. The van der Waals surface area contributed by atoms with Crippen LogP contribution in [-0.2, 0) is 26.1 Å². The van der Waals surface area contributed by atoms with E-state index in [0.717, 1.165) is 4.57 Å². The number of nitrogens with zero attached hydrogens (tertiary/aromatic N) is 2. The Morgan fingerprint density at radius 2 is 1.87 bits per heavy atom. The number of ether oxygens (including phenoxy) is 3. The molecule has 0 spiro atoms. The van der Waals surface area contributed by atoms with E-state index < -0.39 is 34.4 Å². The molecule has 3 rings (SSSR count). The fraction of sp³-hybridized carbons (Fsp3) is 0.333. The van der Waals surface area contributed by atoms with Crippen molar-refractivity contribution in [2.24, 2.45) is 0 Å². The van der Waals surface area contributed by atoms with Gasteiger partial charge < -0.3 is 24.6 Å². The van der Waals surface area contributed by atoms with Crippen molar-refractivity contribution in [3.63, 3.8) is 0 Å². The molecule has 1 aromatic heterocycles. The summed E-state index contributed by atoms with van der Waals surface area (Å²) in [5, 5.41) is 11.3. The molecule has 3 aromatic rings. The first-order chi connectivity index (χ1) is 18.0. The number of carbonyl (C=O) groups excluding carboxylic acids is 2. The van der Waals surface area contributed by atoms with Gasteiger partial charge in [0.05, 0.1) is 29.8 Å². The van der Waals surface area contributed by atoms with E-state index in [1.165, 1.54) is 37.4 Å². The van der Waals surface area contributed by atoms with Gasteiger partial charge in [-0.1, -0.05) is 12.1 Å². The zero-order chi connectivity index (χ0) is 28.0. The lowest BCUT2D eigenvalue weighted by atomic mass is 10.0. The molecule has 0 fully saturated rings. The summed E-state index contributed by atoms with van der Waals surface area (Å²) in [6.45, 7) is 4.06. The number of hydrogen-bond acceptors (Lipinski definition) is 10. The van der Waals surface area contributed by atoms with Crippen LogP contribution in [0.4, 0.5) is 9.59 Å². The van der Waals surface area contributed by atoms with E-state index >= 15 is 0 Å². The highest BCUT2D eigenvalue weighted by Gasteiger charge is 2.25. The van der Waals surface area contributed by atoms with Gasteiger partial charge in [0.25, 0.3) is 5.56 Å². The van der Waals surface area contributed by atoms with Crippen LogP contribution in [0.1, 0.15) is 23.9 Å². The van der Waals surface area contributed by atoms with E-state index in [1.54, 1.807) is 20.8 Å². The number of para-hydroxylation sites is 1. The van der Waals surface area contributed by atoms with Crippen molar-refractivity contribution in [1.82, 2.24) is 19.6 Å². The van der Waals surface area contributed by atoms with Crippen LogP contribution in [0, 0.1) is 13.8 Å². The third-order valence-electron chi connectivity index (χ3n) is 5.43. The van der Waals surface area contributed by atoms with E-state index in [1.807, 2.05) is 0 Å². The summed E-state index contributed by atoms with van der Waals surface area (Å²) < 4.78 is 44.2. The van der Waals surface area contributed by atoms with Gasteiger partial charge in [-0.25, -0.2) is 27.7 Å². The van der Waals surface area contributed by atoms with Gasteiger partial charge in [-0.2, -0.15) is 0 Å². The minimum Gasteiger partial charge on any atom is -0.441 e. The smallest absolute Gasteiger partial charge is 0.441 e. The van der Waals surface area contributed by atoms with Crippen molar-refractivity contribution in [2.75, 3.05) is 26.8 Å². The second-order valence-electron chi connectivity index (χ2n) is 7.90. The number of rotatable bonds is 9. The van der Waals surface area contributed by atoms with Gasteiger partial charge in [0.2, 0.25) is 10.0 Å². The van der Waals surface area contributed by atoms with Gasteiger partial charge in [-0.15, -0.1) is 0 Å². The number of aliphatic hydroxyl groups excluding tert-OH is 1. The molecule has 3 N–H and O–H groups in total. The molecule has 2 aromatic carbocycles. The molecule has 204 valence electrons. The van der Waals surface area contributed by atoms with Crippen LogP contribution in [0.25, 0.3) is 16.6 Å². The minimum atomic E-state index is -4.03. The summed E-state index contributed by atoms with van der Waals surface area (Å²) in [7, 11) is -2.79. The monoisotopic (exact) mass is 548 g/mol. The van der Waals surface area contributed by atoms with Crippen LogP contribution in [0.15, 0.2) is 40.0 Å². The molecule has 13 nitrogen and oxygen atoms in total. The predicted octanol–water partition coefficient (Wildman–Crippen LogP) is 1.66. The standard InChI is InChI=1S/C24H28N4O9S/c1-5-35-24(32)37-21-14(2)12-16-20(15(21)3)22(30)28(19(27-16)13-36-23(31)26-10-11-29)17-8-6-7-9-18(17)38(33,34)25-4/h6-9,12,25,29H,5,10-11,13H2,1-4H3,(H,26,31). The molecule has 0 saturated carbocycles. The Hall–Kier alpha value is -4.01. The maximum atomic E-state index is 14.0. The van der Waals surface area contributed by atoms with Crippen molar-refractivity contribution in [2.45, 2.75) is 32.3 Å². The fourth-order valence-corrected chi connectivity index (χ4v) is 4.68. The Morgan fingerprint density at radius 3 is 2.53 bits per heavy atom. The zero-order valence-corrected chi connectivity index (χ0v) is 22.0. The van der Waals surface area contributed by atoms with Crippen molar-refractivity contribution >= 4 is 33.2 Å². The van der Waals surface area contributed by atoms with Gasteiger partial charge >= 0.3 is 12.2 Å². The molecule has 1 amide bonds. The van der Waals surface area contributed by atoms with E-state index in [9.17, 15) is 22.8 Å². The third-order valence-corrected chi connectivity index (χ3v) is 6.89. The highest BCUT2D eigenvalue weighted by molar-refractivity contribution is 7.89. The summed E-state index contributed by atoms with van der Waals surface area (Å²) >= 11 is 0. The Morgan fingerprint density at radius 1 is 1.16 bits per heavy atom. The van der Waals surface area contributed by atoms with Crippen LogP contribution in [0.5, 0.6) is 5.75 Å². The summed E-state index contributed by atoms with van der Waals surface area (Å²) in [5.74, 6) is 0.0307. The Bertz CT molecular complexity index is 1530. The molecular weight excluding hydrogens is 520 g/mol. The Labute approximate surface area is 218 Å². The van der Waals surface area contributed by atoms with Crippen LogP contribution in [0.2, 0.25) is 0 Å². The number of nitrogens with one attached hydrogen (secondary N) is 2. The summed E-state index contributed by atoms with van der Waals surface area (Å²) in [6.07, 6.45) is -1.82. The van der Waals surface area contributed by atoms with Crippen molar-refractivity contribution in [1.29, 1.82) is 0 Å². The van der Waals surface area contributed by atoms with Gasteiger partial charge in [0.15, 0.2) is 12.4 Å². The predicted molar refractivity (Wildman–Crippen MR) is 136 cm³/mol. The van der Waals surface area contributed by atoms with Gasteiger partial charge in [0.1, 0.15) is 10.6 Å². The largest absolute Gasteiger partial charge is 0.513 e. The highest BCUT2D eigenvalue weighted by Crippen LogP contribution is 2.30. The van der Waals surface area contributed by atoms with Crippen molar-refractivity contribution in [3.05, 3.63) is 57.6 Å². The molecule has 0 unspecified atom stereocenters. The number of aliphatic hydroxyl groups is 1. The van der Waals surface area contributed by atoms with Crippen LogP contribution in [0.3, 0.4) is 0 Å². The van der Waals surface area contributed by atoms with Crippen LogP contribution < -0.4 is 20.3 Å². The summed E-state index contributed by atoms with van der Waals surface area (Å²) in [5.41, 5.74) is 0.249. The molecule has 0 aliphatic rings. The maximum Gasteiger partial charge on any atom is 0.513 e. The van der Waals surface area contributed by atoms with E-state index in [-0.39, 0.29) is 58.4 Å².